The standard InChI is InChI=1S/C12H14FN3O4/c13-7-8(16-4-3-6(14)15-10(16)18)20-12(5-1-2-5)9(17)11(7,12)19/h3-5,7-9,17,19H,1-2H2,(H2,14,15,18). The molecule has 0 radical (unpaired) electrons. The molecule has 0 amide bonds. The molecule has 108 valence electrons. The first-order chi connectivity index (χ1) is 9.43. The van der Waals surface area contributed by atoms with Gasteiger partial charge in [0.2, 0.25) is 0 Å². The van der Waals surface area contributed by atoms with Gasteiger partial charge in [-0.2, -0.15) is 4.98 Å². The first kappa shape index (κ1) is 12.2. The Morgan fingerprint density at radius 2 is 2.25 bits per heavy atom. The van der Waals surface area contributed by atoms with Gasteiger partial charge in [0.1, 0.15) is 17.5 Å². The zero-order valence-electron chi connectivity index (χ0n) is 10.4. The van der Waals surface area contributed by atoms with E-state index in [1.807, 2.05) is 0 Å². The number of nitrogen functional groups attached to an aromatic ring is 1. The number of fused-ring (bicyclic) bond motifs is 1. The number of ether oxygens (including phenoxy) is 1. The Kier molecular flexibility index (Phi) is 2.07. The molecular formula is C12H14FN3O4. The van der Waals surface area contributed by atoms with E-state index in [0.29, 0.717) is 0 Å². The Morgan fingerprint density at radius 3 is 2.85 bits per heavy atom. The number of hydrogen-bond donors (Lipinski definition) is 3. The van der Waals surface area contributed by atoms with Crippen molar-refractivity contribution >= 4 is 5.82 Å². The van der Waals surface area contributed by atoms with Crippen LogP contribution in [-0.2, 0) is 4.74 Å². The van der Waals surface area contributed by atoms with Gasteiger partial charge in [0.15, 0.2) is 18.0 Å². The van der Waals surface area contributed by atoms with E-state index in [0.717, 1.165) is 17.4 Å². The molecule has 5 atom stereocenters. The van der Waals surface area contributed by atoms with Crippen LogP contribution in [0.25, 0.3) is 0 Å². The molecule has 0 spiro atoms. The molecule has 8 heteroatoms. The number of anilines is 1. The second-order valence-electron chi connectivity index (χ2n) is 5.75. The van der Waals surface area contributed by atoms with E-state index in [1.54, 1.807) is 0 Å². The highest BCUT2D eigenvalue weighted by Crippen LogP contribution is 2.70. The van der Waals surface area contributed by atoms with E-state index in [2.05, 4.69) is 4.98 Å². The number of hydrogen-bond acceptors (Lipinski definition) is 6. The van der Waals surface area contributed by atoms with Crippen molar-refractivity contribution in [2.75, 3.05) is 5.73 Å². The maximum atomic E-state index is 14.5. The van der Waals surface area contributed by atoms with E-state index in [9.17, 15) is 19.4 Å². The predicted octanol–water partition coefficient (Wildman–Crippen LogP) is -1.05. The Morgan fingerprint density at radius 1 is 1.55 bits per heavy atom. The summed E-state index contributed by atoms with van der Waals surface area (Å²) in [5.41, 5.74) is 1.42. The fourth-order valence-electron chi connectivity index (χ4n) is 3.44. The van der Waals surface area contributed by atoms with E-state index in [1.165, 1.54) is 12.3 Å². The maximum absolute atomic E-state index is 14.5. The molecule has 2 aliphatic carbocycles. The van der Waals surface area contributed by atoms with Crippen LogP contribution in [0.15, 0.2) is 17.1 Å². The highest BCUT2D eigenvalue weighted by Gasteiger charge is 2.91. The largest absolute Gasteiger partial charge is 0.387 e. The monoisotopic (exact) mass is 283 g/mol. The van der Waals surface area contributed by atoms with Gasteiger partial charge in [-0.05, 0) is 24.8 Å². The van der Waals surface area contributed by atoms with Crippen LogP contribution in [0.1, 0.15) is 19.1 Å². The summed E-state index contributed by atoms with van der Waals surface area (Å²) in [5.74, 6) is -0.0383. The highest BCUT2D eigenvalue weighted by atomic mass is 19.1. The molecule has 5 unspecified atom stereocenters. The van der Waals surface area contributed by atoms with Gasteiger partial charge >= 0.3 is 5.69 Å². The molecule has 0 bridgehead atoms. The zero-order valence-corrected chi connectivity index (χ0v) is 10.4. The van der Waals surface area contributed by atoms with Gasteiger partial charge in [-0.15, -0.1) is 0 Å². The van der Waals surface area contributed by atoms with E-state index in [-0.39, 0.29) is 11.7 Å². The Bertz CT molecular complexity index is 648. The minimum Gasteiger partial charge on any atom is -0.387 e. The molecular weight excluding hydrogens is 269 g/mol. The van der Waals surface area contributed by atoms with Crippen LogP contribution >= 0.6 is 0 Å². The van der Waals surface area contributed by atoms with Gasteiger partial charge in [-0.1, -0.05) is 0 Å². The van der Waals surface area contributed by atoms with Crippen LogP contribution < -0.4 is 11.4 Å². The molecule has 2 heterocycles. The molecule has 20 heavy (non-hydrogen) atoms. The summed E-state index contributed by atoms with van der Waals surface area (Å²) in [6, 6.07) is 1.35. The third-order valence-electron chi connectivity index (χ3n) is 4.66. The first-order valence-electron chi connectivity index (χ1n) is 6.50. The van der Waals surface area contributed by atoms with Gasteiger partial charge < -0.3 is 20.7 Å². The van der Waals surface area contributed by atoms with E-state index < -0.39 is 35.4 Å². The minimum atomic E-state index is -1.93. The summed E-state index contributed by atoms with van der Waals surface area (Å²) in [7, 11) is 0. The second-order valence-corrected chi connectivity index (χ2v) is 5.75. The average Bonchev–Trinajstić information content (AvgIpc) is 3.28. The van der Waals surface area contributed by atoms with Crippen molar-refractivity contribution in [1.82, 2.24) is 9.55 Å². The molecule has 3 fully saturated rings. The Hall–Kier alpha value is -1.51. The maximum Gasteiger partial charge on any atom is 0.351 e. The summed E-state index contributed by atoms with van der Waals surface area (Å²) in [4.78, 5) is 15.3. The van der Waals surface area contributed by atoms with Gasteiger partial charge in [0.05, 0.1) is 0 Å². The van der Waals surface area contributed by atoms with Gasteiger partial charge in [0, 0.05) is 6.20 Å². The lowest BCUT2D eigenvalue weighted by molar-refractivity contribution is -0.1000. The number of nitrogens with two attached hydrogens (primary N) is 1. The number of halogens is 1. The molecule has 3 aliphatic rings. The number of nitrogens with zero attached hydrogens (tertiary/aromatic N) is 2. The average molecular weight is 283 g/mol. The Labute approximate surface area is 112 Å². The lowest BCUT2D eigenvalue weighted by atomic mass is 10.1. The molecule has 2 saturated carbocycles. The van der Waals surface area contributed by atoms with Gasteiger partial charge in [0.25, 0.3) is 0 Å². The van der Waals surface area contributed by atoms with Crippen LogP contribution in [0.4, 0.5) is 10.2 Å². The van der Waals surface area contributed by atoms with E-state index >= 15 is 0 Å². The Balaban J connectivity index is 1.74. The van der Waals surface area contributed by atoms with Crippen molar-refractivity contribution in [1.29, 1.82) is 0 Å². The summed E-state index contributed by atoms with van der Waals surface area (Å²) >= 11 is 0. The van der Waals surface area contributed by atoms with Crippen molar-refractivity contribution < 1.29 is 19.3 Å². The predicted molar refractivity (Wildman–Crippen MR) is 64.3 cm³/mol. The summed E-state index contributed by atoms with van der Waals surface area (Å²) in [6.07, 6.45) is -1.60. The molecule has 1 aromatic heterocycles. The van der Waals surface area contributed by atoms with E-state index in [4.69, 9.17) is 10.5 Å². The number of aliphatic hydroxyl groups excluding tert-OH is 1. The van der Waals surface area contributed by atoms with Crippen molar-refractivity contribution in [3.05, 3.63) is 22.7 Å². The van der Waals surface area contributed by atoms with Gasteiger partial charge in [-0.25, -0.2) is 9.18 Å². The van der Waals surface area contributed by atoms with Crippen LogP contribution in [0, 0.1) is 5.92 Å². The summed E-state index contributed by atoms with van der Waals surface area (Å²) < 4.78 is 21.1. The minimum absolute atomic E-state index is 0.0282. The normalized spacial score (nSPS) is 46.2. The molecule has 4 rings (SSSR count). The van der Waals surface area contributed by atoms with Crippen LogP contribution in [-0.4, -0.2) is 43.2 Å². The number of aliphatic hydroxyl groups is 2. The fraction of sp³-hybridized carbons (Fsp3) is 0.667. The quantitative estimate of drug-likeness (QED) is 0.638. The summed E-state index contributed by atoms with van der Waals surface area (Å²) in [5, 5.41) is 20.2. The third-order valence-corrected chi connectivity index (χ3v) is 4.66. The fourth-order valence-corrected chi connectivity index (χ4v) is 3.44. The molecule has 1 aliphatic heterocycles. The second kappa shape index (κ2) is 3.38. The lowest BCUT2D eigenvalue weighted by Gasteiger charge is -2.22. The van der Waals surface area contributed by atoms with Crippen molar-refractivity contribution in [3.8, 4) is 0 Å². The van der Waals surface area contributed by atoms with Crippen molar-refractivity contribution in [2.45, 2.75) is 42.5 Å². The lowest BCUT2D eigenvalue weighted by Crippen LogP contribution is -2.38. The molecule has 0 aromatic carbocycles. The van der Waals surface area contributed by atoms with Crippen LogP contribution in [0.3, 0.4) is 0 Å². The summed E-state index contributed by atoms with van der Waals surface area (Å²) in [6.45, 7) is 0. The number of rotatable bonds is 2. The zero-order chi connectivity index (χ0) is 14.3. The topological polar surface area (TPSA) is 111 Å². The highest BCUT2D eigenvalue weighted by molar-refractivity contribution is 5.39. The van der Waals surface area contributed by atoms with Gasteiger partial charge in [-0.3, -0.25) is 4.57 Å². The molecule has 7 nitrogen and oxygen atoms in total. The van der Waals surface area contributed by atoms with Crippen molar-refractivity contribution in [3.63, 3.8) is 0 Å². The SMILES string of the molecule is Nc1ccn(C2OC3(C4CC4)C(O)C3(O)C2F)c(=O)n1. The first-order valence-corrected chi connectivity index (χ1v) is 6.50. The molecule has 1 saturated heterocycles. The number of alkyl halides is 1. The van der Waals surface area contributed by atoms with Crippen molar-refractivity contribution in [2.24, 2.45) is 5.92 Å². The van der Waals surface area contributed by atoms with Crippen LogP contribution in [0.2, 0.25) is 0 Å². The van der Waals surface area contributed by atoms with Crippen LogP contribution in [0.5, 0.6) is 0 Å². The molecule has 1 aromatic rings. The smallest absolute Gasteiger partial charge is 0.351 e. The number of aromatic nitrogens is 2. The third kappa shape index (κ3) is 1.16. The molecule has 4 N–H and O–H groups in total.